The van der Waals surface area contributed by atoms with Gasteiger partial charge in [-0.15, -0.1) is 5.10 Å². The molecule has 0 aliphatic carbocycles. The molecular weight excluding hydrogens is 349 g/mol. The van der Waals surface area contributed by atoms with Crippen molar-refractivity contribution in [2.45, 2.75) is 51.0 Å². The second kappa shape index (κ2) is 8.72. The van der Waals surface area contributed by atoms with Crippen LogP contribution in [0.4, 0.5) is 4.39 Å². The molecule has 3 heterocycles. The van der Waals surface area contributed by atoms with Crippen LogP contribution in [0.5, 0.6) is 0 Å². The number of rotatable bonds is 9. The van der Waals surface area contributed by atoms with Crippen LogP contribution in [-0.2, 0) is 12.8 Å². The van der Waals surface area contributed by atoms with Crippen LogP contribution in [-0.4, -0.2) is 56.7 Å². The van der Waals surface area contributed by atoms with Crippen LogP contribution in [0, 0.1) is 5.41 Å². The summed E-state index contributed by atoms with van der Waals surface area (Å²) in [6.07, 6.45) is 8.69. The van der Waals surface area contributed by atoms with Crippen molar-refractivity contribution in [3.63, 3.8) is 0 Å². The van der Waals surface area contributed by atoms with Crippen molar-refractivity contribution in [2.75, 3.05) is 0 Å². The predicted molar refractivity (Wildman–Crippen MR) is 101 cm³/mol. The van der Waals surface area contributed by atoms with Gasteiger partial charge in [0, 0.05) is 24.2 Å². The monoisotopic (exact) mass is 371 g/mol. The van der Waals surface area contributed by atoms with Crippen molar-refractivity contribution in [3.05, 3.63) is 35.6 Å². The fourth-order valence-corrected chi connectivity index (χ4v) is 3.14. The Morgan fingerprint density at radius 1 is 1.48 bits per heavy atom. The van der Waals surface area contributed by atoms with E-state index in [0.29, 0.717) is 24.8 Å². The number of carbonyl (C=O) groups excluding carboxylic acids is 1. The van der Waals surface area contributed by atoms with Crippen molar-refractivity contribution in [1.29, 1.82) is 5.41 Å². The zero-order valence-corrected chi connectivity index (χ0v) is 15.0. The molecule has 1 aliphatic rings. The molecule has 3 atom stereocenters. The number of aryl methyl sites for hydroxylation is 1. The molecule has 0 saturated carbocycles. The first-order valence-corrected chi connectivity index (χ1v) is 8.93. The Morgan fingerprint density at radius 3 is 3.04 bits per heavy atom. The van der Waals surface area contributed by atoms with Gasteiger partial charge in [-0.2, -0.15) is 0 Å². The summed E-state index contributed by atoms with van der Waals surface area (Å²) in [5.41, 5.74) is 2.33. The van der Waals surface area contributed by atoms with Gasteiger partial charge >= 0.3 is 0 Å². The molecule has 142 valence electrons. The number of aromatic nitrogens is 4. The molecule has 0 bridgehead atoms. The second-order valence-electron chi connectivity index (χ2n) is 6.36. The normalized spacial score (nSPS) is 20.1. The Balaban J connectivity index is 1.88. The third-order valence-electron chi connectivity index (χ3n) is 4.37. The Bertz CT molecular complexity index is 876. The lowest BCUT2D eigenvalue weighted by atomic mass is 10.0. The average molecular weight is 371 g/mol. The van der Waals surface area contributed by atoms with Gasteiger partial charge in [0.1, 0.15) is 12.5 Å². The summed E-state index contributed by atoms with van der Waals surface area (Å²) in [5, 5.41) is 14.7. The third-order valence-corrected chi connectivity index (χ3v) is 4.37. The maximum atomic E-state index is 14.0. The molecule has 3 rings (SSSR count). The quantitative estimate of drug-likeness (QED) is 0.515. The lowest BCUT2D eigenvalue weighted by Gasteiger charge is -2.25. The highest BCUT2D eigenvalue weighted by Crippen LogP contribution is 2.18. The minimum Gasteiger partial charge on any atom is -0.313 e. The molecule has 2 aromatic rings. The van der Waals surface area contributed by atoms with E-state index in [9.17, 15) is 9.18 Å². The maximum absolute atomic E-state index is 14.0. The van der Waals surface area contributed by atoms with Crippen molar-refractivity contribution in [2.24, 2.45) is 4.99 Å². The molecule has 2 N–H and O–H groups in total. The number of alkyl halides is 1. The van der Waals surface area contributed by atoms with Gasteiger partial charge in [0.05, 0.1) is 5.69 Å². The van der Waals surface area contributed by atoms with Gasteiger partial charge in [0.2, 0.25) is 5.82 Å². The van der Waals surface area contributed by atoms with E-state index in [1.54, 1.807) is 12.3 Å². The van der Waals surface area contributed by atoms with Gasteiger partial charge in [-0.3, -0.25) is 15.1 Å². The van der Waals surface area contributed by atoms with Crippen LogP contribution in [0.25, 0.3) is 5.65 Å². The van der Waals surface area contributed by atoms with E-state index in [1.165, 1.54) is 23.1 Å². The summed E-state index contributed by atoms with van der Waals surface area (Å²) in [6, 6.07) is -0.201. The Kier molecular flexibility index (Phi) is 6.12. The summed E-state index contributed by atoms with van der Waals surface area (Å²) in [4.78, 5) is 23.9. The van der Waals surface area contributed by atoms with E-state index in [1.807, 2.05) is 6.92 Å². The zero-order chi connectivity index (χ0) is 19.2. The highest BCUT2D eigenvalue weighted by atomic mass is 19.1. The van der Waals surface area contributed by atoms with Gasteiger partial charge in [-0.05, 0) is 31.2 Å². The fourth-order valence-electron chi connectivity index (χ4n) is 3.14. The Labute approximate surface area is 156 Å². The van der Waals surface area contributed by atoms with Crippen molar-refractivity contribution in [3.8, 4) is 0 Å². The number of aldehydes is 1. The van der Waals surface area contributed by atoms with E-state index >= 15 is 0 Å². The Hall–Kier alpha value is -2.81. The number of dihydropyridines is 1. The molecule has 27 heavy (non-hydrogen) atoms. The van der Waals surface area contributed by atoms with Crippen LogP contribution in [0.2, 0.25) is 0 Å². The molecular formula is C18H22FN7O. The molecule has 8 nitrogen and oxygen atoms in total. The first-order valence-electron chi connectivity index (χ1n) is 8.93. The molecule has 9 heteroatoms. The zero-order valence-electron chi connectivity index (χ0n) is 15.0. The Morgan fingerprint density at radius 2 is 2.33 bits per heavy atom. The molecule has 0 aromatic carbocycles. The second-order valence-corrected chi connectivity index (χ2v) is 6.36. The minimum atomic E-state index is -1.21. The lowest BCUT2D eigenvalue weighted by Crippen LogP contribution is -2.44. The molecule has 1 aliphatic heterocycles. The van der Waals surface area contributed by atoms with E-state index in [-0.39, 0.29) is 11.9 Å². The predicted octanol–water partition coefficient (Wildman–Crippen LogP) is 1.73. The highest BCUT2D eigenvalue weighted by Gasteiger charge is 2.24. The summed E-state index contributed by atoms with van der Waals surface area (Å²) in [7, 11) is 0. The van der Waals surface area contributed by atoms with E-state index in [0.717, 1.165) is 24.1 Å². The molecule has 0 spiro atoms. The third kappa shape index (κ3) is 4.30. The number of nitrogens with one attached hydrogen (secondary N) is 2. The fraction of sp³-hybridized carbons (Fsp3) is 0.444. The largest absolute Gasteiger partial charge is 0.313 e. The van der Waals surface area contributed by atoms with Crippen molar-refractivity contribution in [1.82, 2.24) is 24.9 Å². The number of carbonyl (C=O) groups is 1. The van der Waals surface area contributed by atoms with Gasteiger partial charge in [0.15, 0.2) is 18.1 Å². The van der Waals surface area contributed by atoms with Gasteiger partial charge < -0.3 is 5.41 Å². The molecule has 0 fully saturated rings. The highest BCUT2D eigenvalue weighted by molar-refractivity contribution is 5.72. The average Bonchev–Trinajstić information content (AvgIpc) is 3.09. The van der Waals surface area contributed by atoms with E-state index in [4.69, 9.17) is 5.41 Å². The van der Waals surface area contributed by atoms with Gasteiger partial charge in [0.25, 0.3) is 0 Å². The summed E-state index contributed by atoms with van der Waals surface area (Å²) in [5.74, 6) is 0.115. The number of allylic oxidation sites excluding steroid dienone is 1. The van der Waals surface area contributed by atoms with Crippen LogP contribution in [0.1, 0.15) is 41.6 Å². The molecule has 0 amide bonds. The van der Waals surface area contributed by atoms with Crippen LogP contribution >= 0.6 is 0 Å². The van der Waals surface area contributed by atoms with Crippen LogP contribution < -0.4 is 5.32 Å². The van der Waals surface area contributed by atoms with Crippen LogP contribution in [0.3, 0.4) is 0 Å². The number of nitrogens with zero attached hydrogens (tertiary/aromatic N) is 5. The molecule has 0 saturated heterocycles. The number of fused-ring (bicyclic) bond motifs is 1. The number of aliphatic imine (C=N–C) groups is 1. The first-order chi connectivity index (χ1) is 13.2. The SMILES string of the molecule is CCCc1c(CC(CC=N)NC2N=CC=CC2F)ncn2nc(C=O)nc12. The minimum absolute atomic E-state index is 0.115. The maximum Gasteiger partial charge on any atom is 0.215 e. The number of hydrogen-bond acceptors (Lipinski definition) is 7. The summed E-state index contributed by atoms with van der Waals surface area (Å²) in [6.45, 7) is 2.05. The van der Waals surface area contributed by atoms with Crippen molar-refractivity contribution < 1.29 is 9.18 Å². The number of halogens is 1. The molecule has 3 unspecified atom stereocenters. The molecule has 2 aromatic heterocycles. The van der Waals surface area contributed by atoms with Crippen molar-refractivity contribution >= 4 is 24.4 Å². The van der Waals surface area contributed by atoms with Gasteiger partial charge in [-0.1, -0.05) is 13.3 Å². The lowest BCUT2D eigenvalue weighted by molar-refractivity contribution is 0.111. The summed E-state index contributed by atoms with van der Waals surface area (Å²) >= 11 is 0. The molecule has 0 radical (unpaired) electrons. The standard InChI is InChI=1S/C18H22FN7O/c1-2-4-13-15(22-11-26-18(13)24-16(10-27)25-26)9-12(6-7-20)23-17-14(19)5-3-8-21-17/h3,5,7-8,10-12,14,17,20,23H,2,4,6,9H2,1H3. The topological polar surface area (TPSA) is 108 Å². The smallest absolute Gasteiger partial charge is 0.215 e. The first kappa shape index (κ1) is 19.0. The van der Waals surface area contributed by atoms with E-state index < -0.39 is 12.3 Å². The number of hydrogen-bond donors (Lipinski definition) is 2. The van der Waals surface area contributed by atoms with E-state index in [2.05, 4.69) is 25.4 Å². The van der Waals surface area contributed by atoms with Crippen LogP contribution in [0.15, 0.2) is 23.5 Å². The summed E-state index contributed by atoms with van der Waals surface area (Å²) < 4.78 is 15.6. The van der Waals surface area contributed by atoms with Gasteiger partial charge in [-0.25, -0.2) is 18.9 Å².